The summed E-state index contributed by atoms with van der Waals surface area (Å²) in [6.07, 6.45) is -2.73. The van der Waals surface area contributed by atoms with Crippen LogP contribution in [0.5, 0.6) is 0 Å². The number of nitrogens with zero attached hydrogens (tertiary/aromatic N) is 2. The highest BCUT2D eigenvalue weighted by Gasteiger charge is 2.16. The van der Waals surface area contributed by atoms with E-state index in [1.54, 1.807) is 28.7 Å². The number of rotatable bonds is 2. The Labute approximate surface area is 92.5 Å². The van der Waals surface area contributed by atoms with Crippen LogP contribution in [0.25, 0.3) is 0 Å². The molecule has 0 unspecified atom stereocenters. The second-order valence-electron chi connectivity index (χ2n) is 2.43. The summed E-state index contributed by atoms with van der Waals surface area (Å²) in [4.78, 5) is 3.72. The van der Waals surface area contributed by atoms with Crippen LogP contribution in [0, 0.1) is 15.0 Å². The van der Waals surface area contributed by atoms with Crippen molar-refractivity contribution in [2.24, 2.45) is 0 Å². The standard InChI is InChI=1S/C8H5F2IN2O/c9-7(10)5-1-4(2-12)8(11)13-6(5)3-14/h1,7,14H,3H2. The second-order valence-corrected chi connectivity index (χ2v) is 3.46. The molecule has 1 rings (SSSR count). The van der Waals surface area contributed by atoms with Crippen molar-refractivity contribution in [3.05, 3.63) is 26.6 Å². The fraction of sp³-hybridized carbons (Fsp3) is 0.250. The van der Waals surface area contributed by atoms with Gasteiger partial charge in [-0.3, -0.25) is 0 Å². The molecule has 0 radical (unpaired) electrons. The van der Waals surface area contributed by atoms with E-state index >= 15 is 0 Å². The molecule has 0 saturated carbocycles. The fourth-order valence-corrected chi connectivity index (χ4v) is 1.50. The Morgan fingerprint density at radius 2 is 2.29 bits per heavy atom. The van der Waals surface area contributed by atoms with Crippen LogP contribution in [0.2, 0.25) is 0 Å². The molecule has 0 fully saturated rings. The number of nitriles is 1. The van der Waals surface area contributed by atoms with Crippen molar-refractivity contribution in [1.82, 2.24) is 4.98 Å². The summed E-state index contributed by atoms with van der Waals surface area (Å²) in [6, 6.07) is 2.82. The Bertz CT molecular complexity index is 390. The van der Waals surface area contributed by atoms with Gasteiger partial charge in [0.15, 0.2) is 0 Å². The predicted molar refractivity (Wildman–Crippen MR) is 52.5 cm³/mol. The van der Waals surface area contributed by atoms with E-state index in [1.807, 2.05) is 0 Å². The number of halogens is 3. The topological polar surface area (TPSA) is 56.9 Å². The fourth-order valence-electron chi connectivity index (χ4n) is 0.936. The van der Waals surface area contributed by atoms with E-state index in [0.717, 1.165) is 6.07 Å². The monoisotopic (exact) mass is 310 g/mol. The van der Waals surface area contributed by atoms with Crippen molar-refractivity contribution >= 4 is 22.6 Å². The number of aromatic nitrogens is 1. The highest BCUT2D eigenvalue weighted by molar-refractivity contribution is 14.1. The number of pyridine rings is 1. The molecule has 1 aromatic heterocycles. The normalized spacial score (nSPS) is 10.3. The lowest BCUT2D eigenvalue weighted by Gasteiger charge is -2.06. The summed E-state index contributed by atoms with van der Waals surface area (Å²) < 4.78 is 25.1. The van der Waals surface area contributed by atoms with Crippen LogP contribution in [0.1, 0.15) is 23.2 Å². The van der Waals surface area contributed by atoms with Crippen LogP contribution in [0.15, 0.2) is 6.07 Å². The van der Waals surface area contributed by atoms with Gasteiger partial charge in [-0.2, -0.15) is 5.26 Å². The lowest BCUT2D eigenvalue weighted by molar-refractivity contribution is 0.146. The average Bonchev–Trinajstić information content (AvgIpc) is 2.16. The number of alkyl halides is 2. The van der Waals surface area contributed by atoms with Crippen LogP contribution >= 0.6 is 22.6 Å². The summed E-state index contributed by atoms with van der Waals surface area (Å²) in [6.45, 7) is -0.554. The van der Waals surface area contributed by atoms with Crippen molar-refractivity contribution in [3.63, 3.8) is 0 Å². The highest BCUT2D eigenvalue weighted by Crippen LogP contribution is 2.24. The maximum Gasteiger partial charge on any atom is 0.265 e. The van der Waals surface area contributed by atoms with Crippen LogP contribution in [0.4, 0.5) is 8.78 Å². The molecule has 6 heteroatoms. The first-order chi connectivity index (χ1) is 6.60. The van der Waals surface area contributed by atoms with Gasteiger partial charge in [0.25, 0.3) is 6.43 Å². The van der Waals surface area contributed by atoms with E-state index in [1.165, 1.54) is 0 Å². The largest absolute Gasteiger partial charge is 0.390 e. The first kappa shape index (κ1) is 11.3. The smallest absolute Gasteiger partial charge is 0.265 e. The number of aliphatic hydroxyl groups excluding tert-OH is 1. The minimum Gasteiger partial charge on any atom is -0.390 e. The molecule has 0 bridgehead atoms. The van der Waals surface area contributed by atoms with E-state index in [0.29, 0.717) is 3.70 Å². The maximum absolute atomic E-state index is 12.4. The molecule has 3 nitrogen and oxygen atoms in total. The molecule has 1 aromatic rings. The van der Waals surface area contributed by atoms with Crippen LogP contribution in [-0.2, 0) is 6.61 Å². The van der Waals surface area contributed by atoms with Crippen LogP contribution < -0.4 is 0 Å². The SMILES string of the molecule is N#Cc1cc(C(F)F)c(CO)nc1I. The van der Waals surface area contributed by atoms with Crippen molar-refractivity contribution in [3.8, 4) is 6.07 Å². The molecule has 1 N–H and O–H groups in total. The molecular weight excluding hydrogens is 305 g/mol. The molecule has 1 heterocycles. The van der Waals surface area contributed by atoms with Crippen LogP contribution in [-0.4, -0.2) is 10.1 Å². The minimum absolute atomic E-state index is 0.0802. The third kappa shape index (κ3) is 2.16. The van der Waals surface area contributed by atoms with E-state index < -0.39 is 13.0 Å². The van der Waals surface area contributed by atoms with Gasteiger partial charge >= 0.3 is 0 Å². The Hall–Kier alpha value is -0.810. The van der Waals surface area contributed by atoms with Crippen molar-refractivity contribution < 1.29 is 13.9 Å². The van der Waals surface area contributed by atoms with Gasteiger partial charge < -0.3 is 5.11 Å². The molecule has 0 amide bonds. The van der Waals surface area contributed by atoms with Gasteiger partial charge in [0.05, 0.1) is 17.9 Å². The van der Waals surface area contributed by atoms with E-state index in [4.69, 9.17) is 10.4 Å². The van der Waals surface area contributed by atoms with Crippen molar-refractivity contribution in [1.29, 1.82) is 5.26 Å². The molecule has 0 spiro atoms. The number of aliphatic hydroxyl groups is 1. The molecule has 0 aliphatic carbocycles. The van der Waals surface area contributed by atoms with Gasteiger partial charge in [0.1, 0.15) is 9.77 Å². The average molecular weight is 310 g/mol. The molecule has 0 aliphatic rings. The molecule has 74 valence electrons. The molecular formula is C8H5F2IN2O. The summed E-state index contributed by atoms with van der Waals surface area (Å²) in [7, 11) is 0. The zero-order valence-corrected chi connectivity index (χ0v) is 8.99. The summed E-state index contributed by atoms with van der Waals surface area (Å²) in [5.74, 6) is 0. The summed E-state index contributed by atoms with van der Waals surface area (Å²) in [5, 5.41) is 17.4. The maximum atomic E-state index is 12.4. The Kier molecular flexibility index (Phi) is 3.71. The highest BCUT2D eigenvalue weighted by atomic mass is 127. The first-order valence-electron chi connectivity index (χ1n) is 3.58. The van der Waals surface area contributed by atoms with Gasteiger partial charge in [-0.1, -0.05) is 0 Å². The Morgan fingerprint density at radius 3 is 2.71 bits per heavy atom. The lowest BCUT2D eigenvalue weighted by atomic mass is 10.1. The van der Waals surface area contributed by atoms with Crippen molar-refractivity contribution in [2.75, 3.05) is 0 Å². The van der Waals surface area contributed by atoms with Crippen molar-refractivity contribution in [2.45, 2.75) is 13.0 Å². The van der Waals surface area contributed by atoms with E-state index in [9.17, 15) is 8.78 Å². The summed E-state index contributed by atoms with van der Waals surface area (Å²) in [5.41, 5.74) is -0.369. The second kappa shape index (κ2) is 4.61. The van der Waals surface area contributed by atoms with E-state index in [-0.39, 0.29) is 16.8 Å². The number of hydrogen-bond acceptors (Lipinski definition) is 3. The molecule has 0 aromatic carbocycles. The zero-order chi connectivity index (χ0) is 10.7. The third-order valence-electron chi connectivity index (χ3n) is 1.59. The Morgan fingerprint density at radius 1 is 1.64 bits per heavy atom. The predicted octanol–water partition coefficient (Wildman–Crippen LogP) is 1.99. The van der Waals surface area contributed by atoms with Gasteiger partial charge in [-0.25, -0.2) is 13.8 Å². The first-order valence-corrected chi connectivity index (χ1v) is 4.66. The van der Waals surface area contributed by atoms with Gasteiger partial charge in [0.2, 0.25) is 0 Å². The molecule has 0 aliphatic heterocycles. The number of hydrogen-bond donors (Lipinski definition) is 1. The summed E-state index contributed by atoms with van der Waals surface area (Å²) >= 11 is 1.76. The third-order valence-corrected chi connectivity index (χ3v) is 2.42. The molecule has 0 atom stereocenters. The van der Waals surface area contributed by atoms with Crippen LogP contribution in [0.3, 0.4) is 0 Å². The minimum atomic E-state index is -2.73. The molecule has 0 saturated heterocycles. The Balaban J connectivity index is 3.34. The van der Waals surface area contributed by atoms with Gasteiger partial charge in [-0.05, 0) is 28.7 Å². The zero-order valence-electron chi connectivity index (χ0n) is 6.84. The lowest BCUT2D eigenvalue weighted by Crippen LogP contribution is -2.02. The van der Waals surface area contributed by atoms with E-state index in [2.05, 4.69) is 4.98 Å². The quantitative estimate of drug-likeness (QED) is 0.671. The van der Waals surface area contributed by atoms with Gasteiger partial charge in [-0.15, -0.1) is 0 Å². The molecule has 14 heavy (non-hydrogen) atoms. The van der Waals surface area contributed by atoms with Gasteiger partial charge in [0, 0.05) is 5.56 Å².